The van der Waals surface area contributed by atoms with Crippen molar-refractivity contribution in [3.63, 3.8) is 0 Å². The van der Waals surface area contributed by atoms with E-state index in [0.717, 1.165) is 6.54 Å². The first-order valence-electron chi connectivity index (χ1n) is 6.52. The molecule has 1 rings (SSSR count). The van der Waals surface area contributed by atoms with Crippen LogP contribution in [0.3, 0.4) is 0 Å². The molecule has 1 aromatic rings. The van der Waals surface area contributed by atoms with Crippen molar-refractivity contribution in [2.75, 3.05) is 13.1 Å². The largest absolute Gasteiger partial charge is 0.386 e. The number of aliphatic hydroxyl groups excluding tert-OH is 1. The van der Waals surface area contributed by atoms with Gasteiger partial charge in [-0.05, 0) is 26.8 Å². The second-order valence-corrected chi connectivity index (χ2v) is 4.96. The van der Waals surface area contributed by atoms with Gasteiger partial charge in [-0.2, -0.15) is 0 Å². The van der Waals surface area contributed by atoms with Crippen molar-refractivity contribution in [2.24, 2.45) is 4.99 Å². The normalized spacial score (nSPS) is 13.5. The molecule has 0 spiro atoms. The van der Waals surface area contributed by atoms with E-state index < -0.39 is 6.10 Å². The van der Waals surface area contributed by atoms with E-state index in [1.165, 1.54) is 0 Å². The molecule has 5 heteroatoms. The number of rotatable bonds is 5. The van der Waals surface area contributed by atoms with Crippen LogP contribution in [0.15, 0.2) is 29.3 Å². The van der Waals surface area contributed by atoms with Gasteiger partial charge in [-0.3, -0.25) is 4.99 Å². The molecule has 4 nitrogen and oxygen atoms in total. The topological polar surface area (TPSA) is 56.7 Å². The van der Waals surface area contributed by atoms with Gasteiger partial charge in [0.25, 0.3) is 0 Å². The average Bonchev–Trinajstić information content (AvgIpc) is 2.36. The number of aliphatic hydroxyl groups is 1. The third kappa shape index (κ3) is 5.49. The Balaban J connectivity index is 2.69. The Bertz CT molecular complexity index is 421. The fourth-order valence-electron chi connectivity index (χ4n) is 1.61. The Morgan fingerprint density at radius 3 is 2.63 bits per heavy atom. The van der Waals surface area contributed by atoms with E-state index in [2.05, 4.69) is 15.6 Å². The number of benzene rings is 1. The Labute approximate surface area is 119 Å². The standard InChI is InChI=1S/C14H22ClN3O/c1-4-16-14(18-10(2)3)17-9-13(19)11-7-5-6-8-12(11)15/h5-8,10,13,19H,4,9H2,1-3H3,(H2,16,17,18). The predicted octanol–water partition coefficient (Wildman–Crippen LogP) is 2.34. The van der Waals surface area contributed by atoms with Crippen LogP contribution in [-0.4, -0.2) is 30.2 Å². The lowest BCUT2D eigenvalue weighted by Gasteiger charge is -2.15. The van der Waals surface area contributed by atoms with Gasteiger partial charge in [0, 0.05) is 23.2 Å². The van der Waals surface area contributed by atoms with E-state index in [1.807, 2.05) is 39.0 Å². The predicted molar refractivity (Wildman–Crippen MR) is 80.7 cm³/mol. The molecule has 19 heavy (non-hydrogen) atoms. The van der Waals surface area contributed by atoms with Crippen LogP contribution in [0.4, 0.5) is 0 Å². The van der Waals surface area contributed by atoms with E-state index in [4.69, 9.17) is 11.6 Å². The van der Waals surface area contributed by atoms with Gasteiger partial charge < -0.3 is 15.7 Å². The van der Waals surface area contributed by atoms with Gasteiger partial charge in [0.1, 0.15) is 6.10 Å². The maximum absolute atomic E-state index is 10.1. The Morgan fingerprint density at radius 2 is 2.05 bits per heavy atom. The first kappa shape index (κ1) is 15.8. The third-order valence-electron chi connectivity index (χ3n) is 2.46. The van der Waals surface area contributed by atoms with Crippen LogP contribution < -0.4 is 10.6 Å². The van der Waals surface area contributed by atoms with Crippen molar-refractivity contribution < 1.29 is 5.11 Å². The summed E-state index contributed by atoms with van der Waals surface area (Å²) in [6.45, 7) is 7.13. The van der Waals surface area contributed by atoms with Gasteiger partial charge in [0.15, 0.2) is 5.96 Å². The second-order valence-electron chi connectivity index (χ2n) is 4.56. The Hall–Kier alpha value is -1.26. The third-order valence-corrected chi connectivity index (χ3v) is 2.80. The van der Waals surface area contributed by atoms with E-state index in [-0.39, 0.29) is 12.6 Å². The van der Waals surface area contributed by atoms with Gasteiger partial charge in [0.05, 0.1) is 6.54 Å². The molecule has 0 heterocycles. The molecular formula is C14H22ClN3O. The number of hydrogen-bond donors (Lipinski definition) is 3. The van der Waals surface area contributed by atoms with E-state index >= 15 is 0 Å². The van der Waals surface area contributed by atoms with Crippen LogP contribution in [0.2, 0.25) is 5.02 Å². The fourth-order valence-corrected chi connectivity index (χ4v) is 1.88. The molecule has 0 aliphatic rings. The Morgan fingerprint density at radius 1 is 1.37 bits per heavy atom. The van der Waals surface area contributed by atoms with Crippen molar-refractivity contribution in [1.82, 2.24) is 10.6 Å². The molecule has 1 unspecified atom stereocenters. The first-order valence-corrected chi connectivity index (χ1v) is 6.89. The van der Waals surface area contributed by atoms with E-state index in [0.29, 0.717) is 16.5 Å². The monoisotopic (exact) mass is 283 g/mol. The molecule has 0 saturated heterocycles. The summed E-state index contributed by atoms with van der Waals surface area (Å²) in [6.07, 6.45) is -0.698. The molecule has 1 aromatic carbocycles. The SMILES string of the molecule is CCNC(=NCC(O)c1ccccc1Cl)NC(C)C. The van der Waals surface area contributed by atoms with Crippen LogP contribution in [0.25, 0.3) is 0 Å². The highest BCUT2D eigenvalue weighted by atomic mass is 35.5. The van der Waals surface area contributed by atoms with Gasteiger partial charge in [0.2, 0.25) is 0 Å². The van der Waals surface area contributed by atoms with Crippen LogP contribution in [0.5, 0.6) is 0 Å². The van der Waals surface area contributed by atoms with E-state index in [9.17, 15) is 5.11 Å². The summed E-state index contributed by atoms with van der Waals surface area (Å²) in [7, 11) is 0. The molecule has 0 bridgehead atoms. The highest BCUT2D eigenvalue weighted by molar-refractivity contribution is 6.31. The molecule has 0 aliphatic heterocycles. The lowest BCUT2D eigenvalue weighted by molar-refractivity contribution is 0.187. The average molecular weight is 284 g/mol. The number of guanidine groups is 1. The lowest BCUT2D eigenvalue weighted by Crippen LogP contribution is -2.41. The summed E-state index contributed by atoms with van der Waals surface area (Å²) in [6, 6.07) is 7.56. The molecule has 3 N–H and O–H groups in total. The van der Waals surface area contributed by atoms with Crippen molar-refractivity contribution in [3.05, 3.63) is 34.9 Å². The van der Waals surface area contributed by atoms with Crippen LogP contribution in [-0.2, 0) is 0 Å². The summed E-state index contributed by atoms with van der Waals surface area (Å²) in [5.41, 5.74) is 0.702. The number of aliphatic imine (C=N–C) groups is 1. The summed E-state index contributed by atoms with van der Waals surface area (Å²) in [5, 5.41) is 17.0. The molecule has 0 saturated carbocycles. The summed E-state index contributed by atoms with van der Waals surface area (Å²) >= 11 is 6.04. The molecule has 0 amide bonds. The van der Waals surface area contributed by atoms with Crippen LogP contribution >= 0.6 is 11.6 Å². The maximum Gasteiger partial charge on any atom is 0.191 e. The number of halogens is 1. The molecular weight excluding hydrogens is 262 g/mol. The smallest absolute Gasteiger partial charge is 0.191 e. The molecule has 106 valence electrons. The van der Waals surface area contributed by atoms with E-state index in [1.54, 1.807) is 6.07 Å². The lowest BCUT2D eigenvalue weighted by atomic mass is 10.1. The zero-order valence-corrected chi connectivity index (χ0v) is 12.4. The molecule has 0 aliphatic carbocycles. The van der Waals surface area contributed by atoms with Crippen molar-refractivity contribution in [2.45, 2.75) is 32.9 Å². The minimum atomic E-state index is -0.698. The van der Waals surface area contributed by atoms with Crippen LogP contribution in [0, 0.1) is 0 Å². The highest BCUT2D eigenvalue weighted by Crippen LogP contribution is 2.22. The van der Waals surface area contributed by atoms with Crippen molar-refractivity contribution in [1.29, 1.82) is 0 Å². The molecule has 1 atom stereocenters. The quantitative estimate of drug-likeness (QED) is 0.574. The van der Waals surface area contributed by atoms with Crippen molar-refractivity contribution >= 4 is 17.6 Å². The molecule has 0 radical (unpaired) electrons. The summed E-state index contributed by atoms with van der Waals surface area (Å²) in [5.74, 6) is 0.698. The zero-order valence-electron chi connectivity index (χ0n) is 11.7. The summed E-state index contributed by atoms with van der Waals surface area (Å²) in [4.78, 5) is 4.36. The molecule has 0 fully saturated rings. The molecule has 0 aromatic heterocycles. The zero-order chi connectivity index (χ0) is 14.3. The van der Waals surface area contributed by atoms with Gasteiger partial charge in [-0.15, -0.1) is 0 Å². The van der Waals surface area contributed by atoms with Crippen molar-refractivity contribution in [3.8, 4) is 0 Å². The summed E-state index contributed by atoms with van der Waals surface area (Å²) < 4.78 is 0. The maximum atomic E-state index is 10.1. The highest BCUT2D eigenvalue weighted by Gasteiger charge is 2.10. The van der Waals surface area contributed by atoms with Gasteiger partial charge in [-0.25, -0.2) is 0 Å². The first-order chi connectivity index (χ1) is 9.04. The minimum absolute atomic E-state index is 0.270. The van der Waals surface area contributed by atoms with Crippen LogP contribution in [0.1, 0.15) is 32.4 Å². The number of nitrogens with zero attached hydrogens (tertiary/aromatic N) is 1. The second kappa shape index (κ2) is 8.02. The minimum Gasteiger partial charge on any atom is -0.386 e. The Kier molecular flexibility index (Phi) is 6.67. The number of hydrogen-bond acceptors (Lipinski definition) is 2. The number of nitrogens with one attached hydrogen (secondary N) is 2. The fraction of sp³-hybridized carbons (Fsp3) is 0.500. The van der Waals surface area contributed by atoms with Gasteiger partial charge >= 0.3 is 0 Å². The van der Waals surface area contributed by atoms with Gasteiger partial charge in [-0.1, -0.05) is 29.8 Å².